The van der Waals surface area contributed by atoms with Crippen molar-refractivity contribution >= 4 is 17.5 Å². The number of benzene rings is 1. The molecule has 6 rings (SSSR count). The minimum absolute atomic E-state index is 0.127. The van der Waals surface area contributed by atoms with Crippen molar-refractivity contribution in [1.29, 1.82) is 0 Å². The molecule has 4 atom stereocenters. The molecular weight excluding hydrogens is 368 g/mol. The van der Waals surface area contributed by atoms with Gasteiger partial charge in [0.2, 0.25) is 5.91 Å². The van der Waals surface area contributed by atoms with Crippen LogP contribution in [0.2, 0.25) is 0 Å². The highest BCUT2D eigenvalue weighted by Gasteiger charge is 2.65. The van der Waals surface area contributed by atoms with Gasteiger partial charge >= 0.3 is 0 Å². The van der Waals surface area contributed by atoms with Gasteiger partial charge in [0.25, 0.3) is 0 Å². The Labute approximate surface area is 173 Å². The average molecular weight is 401 g/mol. The summed E-state index contributed by atoms with van der Waals surface area (Å²) in [5.74, 6) is 1.62. The van der Waals surface area contributed by atoms with E-state index in [1.165, 1.54) is 18.4 Å². The van der Waals surface area contributed by atoms with Crippen LogP contribution in [0, 0.1) is 16.7 Å². The number of nitrogens with two attached hydrogens (primary N) is 1. The summed E-state index contributed by atoms with van der Waals surface area (Å²) in [7, 11) is 0. The van der Waals surface area contributed by atoms with Crippen LogP contribution in [0.25, 0.3) is 0 Å². The zero-order valence-electron chi connectivity index (χ0n) is 16.8. The normalized spacial score (nSPS) is 44.4. The van der Waals surface area contributed by atoms with Gasteiger partial charge in [-0.1, -0.05) is 30.3 Å². The second-order valence-corrected chi connectivity index (χ2v) is 10.9. The SMILES string of the molecule is NC1CCC(NC(=O)C23CC4CC(CCl)(C2)CC(c2ccccc2)(C4)C3)CC1. The molecule has 1 aromatic rings. The van der Waals surface area contributed by atoms with E-state index < -0.39 is 0 Å². The van der Waals surface area contributed by atoms with Gasteiger partial charge in [0.15, 0.2) is 0 Å². The summed E-state index contributed by atoms with van der Waals surface area (Å²) in [5.41, 5.74) is 7.51. The third-order valence-electron chi connectivity index (χ3n) is 8.44. The number of carbonyl (C=O) groups excluding carboxylic acids is 1. The first-order valence-electron chi connectivity index (χ1n) is 11.1. The molecule has 0 aliphatic heterocycles. The fourth-order valence-electron chi connectivity index (χ4n) is 7.76. The predicted octanol–water partition coefficient (Wildman–Crippen LogP) is 4.52. The second-order valence-electron chi connectivity index (χ2n) is 10.7. The van der Waals surface area contributed by atoms with Gasteiger partial charge in [-0.15, -0.1) is 11.6 Å². The van der Waals surface area contributed by atoms with Gasteiger partial charge in [0.1, 0.15) is 0 Å². The monoisotopic (exact) mass is 400 g/mol. The van der Waals surface area contributed by atoms with Crippen molar-refractivity contribution in [2.45, 2.75) is 81.7 Å². The molecule has 0 radical (unpaired) electrons. The van der Waals surface area contributed by atoms with Crippen molar-refractivity contribution < 1.29 is 4.79 Å². The number of alkyl halides is 1. The fraction of sp³-hybridized carbons (Fsp3) is 0.708. The lowest BCUT2D eigenvalue weighted by Gasteiger charge is -2.66. The fourth-order valence-corrected chi connectivity index (χ4v) is 8.05. The number of hydrogen-bond donors (Lipinski definition) is 2. The van der Waals surface area contributed by atoms with Gasteiger partial charge in [0, 0.05) is 18.0 Å². The largest absolute Gasteiger partial charge is 0.353 e. The quantitative estimate of drug-likeness (QED) is 0.730. The highest BCUT2D eigenvalue weighted by molar-refractivity contribution is 6.18. The van der Waals surface area contributed by atoms with Crippen LogP contribution in [0.15, 0.2) is 30.3 Å². The van der Waals surface area contributed by atoms with Crippen LogP contribution in [0.3, 0.4) is 0 Å². The summed E-state index contributed by atoms with van der Waals surface area (Å²) in [6.07, 6.45) is 10.7. The molecule has 5 saturated carbocycles. The standard InChI is InChI=1S/C24H33ClN2O/c25-16-22-10-17-11-23(13-22,18-4-2-1-3-5-18)15-24(12-17,14-22)21(28)27-20-8-6-19(26)7-9-20/h1-5,17,19-20H,6-16,26H2,(H,27,28). The Balaban J connectivity index is 1.45. The number of hydrogen-bond acceptors (Lipinski definition) is 2. The summed E-state index contributed by atoms with van der Waals surface area (Å²) in [4.78, 5) is 13.7. The van der Waals surface area contributed by atoms with E-state index in [2.05, 4.69) is 35.6 Å². The topological polar surface area (TPSA) is 55.1 Å². The Morgan fingerprint density at radius 3 is 2.50 bits per heavy atom. The first-order valence-corrected chi connectivity index (χ1v) is 11.7. The van der Waals surface area contributed by atoms with Crippen LogP contribution in [0.1, 0.15) is 69.8 Å². The minimum Gasteiger partial charge on any atom is -0.353 e. The molecule has 1 aromatic carbocycles. The van der Waals surface area contributed by atoms with Crippen molar-refractivity contribution in [3.63, 3.8) is 0 Å². The summed E-state index contributed by atoms with van der Waals surface area (Å²) >= 11 is 6.60. The maximum Gasteiger partial charge on any atom is 0.226 e. The Kier molecular flexibility index (Phi) is 4.56. The number of halogens is 1. The highest BCUT2D eigenvalue weighted by atomic mass is 35.5. The first-order chi connectivity index (χ1) is 13.5. The molecule has 0 spiro atoms. The van der Waals surface area contributed by atoms with E-state index >= 15 is 0 Å². The molecule has 152 valence electrons. The average Bonchev–Trinajstić information content (AvgIpc) is 2.69. The van der Waals surface area contributed by atoms with E-state index in [-0.39, 0.29) is 16.2 Å². The molecule has 3 N–H and O–H groups in total. The zero-order chi connectivity index (χ0) is 19.4. The number of carbonyl (C=O) groups is 1. The summed E-state index contributed by atoms with van der Waals surface area (Å²) in [5, 5.41) is 3.47. The molecule has 0 saturated heterocycles. The van der Waals surface area contributed by atoms with Crippen LogP contribution < -0.4 is 11.1 Å². The van der Waals surface area contributed by atoms with Crippen LogP contribution >= 0.6 is 11.6 Å². The predicted molar refractivity (Wildman–Crippen MR) is 113 cm³/mol. The van der Waals surface area contributed by atoms with Crippen LogP contribution in [0.5, 0.6) is 0 Å². The van der Waals surface area contributed by atoms with Crippen LogP contribution in [-0.2, 0) is 10.2 Å². The molecule has 0 aromatic heterocycles. The van der Waals surface area contributed by atoms with Crippen molar-refractivity contribution in [3.05, 3.63) is 35.9 Å². The van der Waals surface area contributed by atoms with Crippen LogP contribution in [0.4, 0.5) is 0 Å². The molecule has 3 nitrogen and oxygen atoms in total. The van der Waals surface area contributed by atoms with E-state index in [0.29, 0.717) is 29.8 Å². The Morgan fingerprint density at radius 2 is 1.79 bits per heavy atom. The number of nitrogens with one attached hydrogen (secondary N) is 1. The van der Waals surface area contributed by atoms with Crippen molar-refractivity contribution in [2.75, 3.05) is 5.88 Å². The van der Waals surface area contributed by atoms with Gasteiger partial charge < -0.3 is 11.1 Å². The highest BCUT2D eigenvalue weighted by Crippen LogP contribution is 2.70. The second kappa shape index (κ2) is 6.74. The zero-order valence-corrected chi connectivity index (χ0v) is 17.5. The summed E-state index contributed by atoms with van der Waals surface area (Å²) < 4.78 is 0. The number of amides is 1. The van der Waals surface area contributed by atoms with E-state index in [1.807, 2.05) is 0 Å². The van der Waals surface area contributed by atoms with E-state index in [1.54, 1.807) is 0 Å². The lowest BCUT2D eigenvalue weighted by Crippen LogP contribution is -2.64. The molecule has 4 heteroatoms. The Bertz CT molecular complexity index is 746. The van der Waals surface area contributed by atoms with Crippen molar-refractivity contribution in [3.8, 4) is 0 Å². The molecule has 0 heterocycles. The summed E-state index contributed by atoms with van der Waals surface area (Å²) in [6.45, 7) is 0. The Hall–Kier alpha value is -1.06. The van der Waals surface area contributed by atoms with Gasteiger partial charge in [-0.3, -0.25) is 4.79 Å². The molecule has 1 amide bonds. The molecule has 4 bridgehead atoms. The van der Waals surface area contributed by atoms with Gasteiger partial charge in [-0.2, -0.15) is 0 Å². The summed E-state index contributed by atoms with van der Waals surface area (Å²) in [6, 6.07) is 11.6. The van der Waals surface area contributed by atoms with Crippen molar-refractivity contribution in [2.24, 2.45) is 22.5 Å². The smallest absolute Gasteiger partial charge is 0.226 e. The lowest BCUT2D eigenvalue weighted by molar-refractivity contribution is -0.160. The third-order valence-corrected chi connectivity index (χ3v) is 9.01. The van der Waals surface area contributed by atoms with E-state index in [0.717, 1.165) is 51.4 Å². The molecule has 5 fully saturated rings. The molecular formula is C24H33ClN2O. The van der Waals surface area contributed by atoms with Crippen molar-refractivity contribution in [1.82, 2.24) is 5.32 Å². The maximum atomic E-state index is 13.7. The van der Waals surface area contributed by atoms with E-state index in [9.17, 15) is 4.79 Å². The lowest BCUT2D eigenvalue weighted by atomic mass is 9.38. The molecule has 4 unspecified atom stereocenters. The van der Waals surface area contributed by atoms with Gasteiger partial charge in [-0.05, 0) is 86.5 Å². The minimum atomic E-state index is -0.232. The maximum absolute atomic E-state index is 13.7. The first kappa shape index (κ1) is 18.9. The van der Waals surface area contributed by atoms with E-state index in [4.69, 9.17) is 17.3 Å². The third kappa shape index (κ3) is 3.01. The molecule has 28 heavy (non-hydrogen) atoms. The number of rotatable bonds is 4. The van der Waals surface area contributed by atoms with Gasteiger partial charge in [0.05, 0.1) is 5.41 Å². The van der Waals surface area contributed by atoms with Gasteiger partial charge in [-0.25, -0.2) is 0 Å². The molecule has 5 aliphatic rings. The Morgan fingerprint density at radius 1 is 1.04 bits per heavy atom. The molecule has 5 aliphatic carbocycles. The van der Waals surface area contributed by atoms with Crippen LogP contribution in [-0.4, -0.2) is 23.9 Å².